The maximum absolute atomic E-state index is 14.3. The van der Waals surface area contributed by atoms with Crippen molar-refractivity contribution in [3.63, 3.8) is 0 Å². The van der Waals surface area contributed by atoms with Crippen molar-refractivity contribution in [2.75, 3.05) is 26.2 Å². The van der Waals surface area contributed by atoms with Crippen molar-refractivity contribution in [3.8, 4) is 0 Å². The zero-order chi connectivity index (χ0) is 35.8. The van der Waals surface area contributed by atoms with Gasteiger partial charge in [0.15, 0.2) is 0 Å². The number of oxime groups is 1. The quantitative estimate of drug-likeness (QED) is 0.124. The molecule has 1 fully saturated rings. The Labute approximate surface area is 289 Å². The maximum atomic E-state index is 14.3. The Hall–Kier alpha value is -4.33. The van der Waals surface area contributed by atoms with Gasteiger partial charge in [-0.15, -0.1) is 0 Å². The molecular weight excluding hydrogens is 644 g/mol. The van der Waals surface area contributed by atoms with Crippen LogP contribution >= 0.6 is 0 Å². The van der Waals surface area contributed by atoms with Gasteiger partial charge in [0.25, 0.3) is 0 Å². The largest absolute Gasteiger partial charge is 0.411 e. The number of nitrogens with one attached hydrogen (secondary N) is 1. The summed E-state index contributed by atoms with van der Waals surface area (Å²) >= 11 is 0. The molecule has 0 bridgehead atoms. The van der Waals surface area contributed by atoms with Crippen LogP contribution in [0.1, 0.15) is 51.3 Å². The molecule has 1 unspecified atom stereocenters. The summed E-state index contributed by atoms with van der Waals surface area (Å²) < 4.78 is 29.0. The molecule has 0 radical (unpaired) electrons. The van der Waals surface area contributed by atoms with E-state index in [0.717, 1.165) is 11.1 Å². The van der Waals surface area contributed by atoms with E-state index < -0.39 is 39.5 Å². The third kappa shape index (κ3) is 9.87. The van der Waals surface area contributed by atoms with E-state index in [2.05, 4.69) is 15.5 Å². The summed E-state index contributed by atoms with van der Waals surface area (Å²) in [5, 5.41) is 26.6. The van der Waals surface area contributed by atoms with E-state index in [1.54, 1.807) is 22.2 Å². The number of hydrogen-bond acceptors (Lipinski definition) is 8. The lowest BCUT2D eigenvalue weighted by Gasteiger charge is -2.38. The van der Waals surface area contributed by atoms with Crippen LogP contribution in [0.5, 0.6) is 0 Å². The Kier molecular flexibility index (Phi) is 12.5. The highest BCUT2D eigenvalue weighted by molar-refractivity contribution is 7.89. The third-order valence-electron chi connectivity index (χ3n) is 8.38. The van der Waals surface area contributed by atoms with E-state index >= 15 is 0 Å². The molecule has 264 valence electrons. The lowest BCUT2D eigenvalue weighted by Crippen LogP contribution is -2.59. The fraction of sp³-hybridized carbons (Fsp3) is 0.444. The number of sulfonamides is 1. The molecule has 3 aromatic rings. The fourth-order valence-electron chi connectivity index (χ4n) is 6.07. The summed E-state index contributed by atoms with van der Waals surface area (Å²) in [6.45, 7) is 10.5. The second-order valence-electron chi connectivity index (χ2n) is 13.9. The van der Waals surface area contributed by atoms with Crippen LogP contribution in [0.3, 0.4) is 0 Å². The molecule has 2 aromatic carbocycles. The van der Waals surface area contributed by atoms with E-state index in [-0.39, 0.29) is 36.4 Å². The number of hydrogen-bond donors (Lipinski definition) is 3. The van der Waals surface area contributed by atoms with Gasteiger partial charge in [-0.2, -0.15) is 4.31 Å². The Morgan fingerprint density at radius 2 is 1.69 bits per heavy atom. The van der Waals surface area contributed by atoms with Crippen LogP contribution in [0.25, 0.3) is 0 Å². The van der Waals surface area contributed by atoms with Crippen molar-refractivity contribution in [3.05, 3.63) is 95.8 Å². The van der Waals surface area contributed by atoms with Crippen molar-refractivity contribution < 1.29 is 28.3 Å². The minimum atomic E-state index is -4.06. The molecule has 1 aliphatic rings. The Bertz CT molecular complexity index is 1660. The molecule has 4 rings (SSSR count). The molecule has 0 spiro atoms. The molecule has 3 atom stereocenters. The fourth-order valence-corrected chi connectivity index (χ4v) is 7.69. The first-order valence-corrected chi connectivity index (χ1v) is 17.9. The van der Waals surface area contributed by atoms with Crippen molar-refractivity contribution in [2.45, 2.75) is 70.7 Å². The molecule has 12 nitrogen and oxygen atoms in total. The van der Waals surface area contributed by atoms with Gasteiger partial charge in [0.05, 0.1) is 23.3 Å². The highest BCUT2D eigenvalue weighted by Crippen LogP contribution is 2.29. The molecule has 1 aliphatic heterocycles. The normalized spacial score (nSPS) is 16.0. The number of benzene rings is 2. The van der Waals surface area contributed by atoms with E-state index in [4.69, 9.17) is 5.21 Å². The summed E-state index contributed by atoms with van der Waals surface area (Å²) in [6.07, 6.45) is 3.52. The Morgan fingerprint density at radius 3 is 2.29 bits per heavy atom. The van der Waals surface area contributed by atoms with E-state index in [1.165, 1.54) is 34.8 Å². The second kappa shape index (κ2) is 16.4. The maximum Gasteiger partial charge on any atom is 0.321 e. The number of amides is 3. The van der Waals surface area contributed by atoms with Gasteiger partial charge in [-0.3, -0.25) is 9.78 Å². The van der Waals surface area contributed by atoms with Crippen LogP contribution in [0, 0.1) is 11.3 Å². The Morgan fingerprint density at radius 1 is 1.02 bits per heavy atom. The lowest BCUT2D eigenvalue weighted by atomic mass is 9.84. The number of carbonyl (C=O) groups is 2. The number of aliphatic hydroxyl groups is 1. The minimum Gasteiger partial charge on any atom is -0.411 e. The van der Waals surface area contributed by atoms with Crippen molar-refractivity contribution in [1.82, 2.24) is 24.4 Å². The molecule has 3 amide bonds. The molecule has 0 saturated carbocycles. The number of carbonyl (C=O) groups excluding carboxylic acids is 2. The van der Waals surface area contributed by atoms with Crippen molar-refractivity contribution >= 4 is 28.2 Å². The number of aromatic nitrogens is 1. The predicted molar refractivity (Wildman–Crippen MR) is 187 cm³/mol. The number of nitrogens with zero attached hydrogens (tertiary/aromatic N) is 5. The van der Waals surface area contributed by atoms with Gasteiger partial charge >= 0.3 is 6.03 Å². The number of aliphatic hydroxyl groups excluding tert-OH is 1. The predicted octanol–water partition coefficient (Wildman–Crippen LogP) is 3.98. The average Bonchev–Trinajstić information content (AvgIpc) is 3.39. The smallest absolute Gasteiger partial charge is 0.321 e. The number of rotatable bonds is 15. The standard InChI is InChI=1S/C36H48N6O6S/c1-26(2)23-41(49(47,48)30-15-13-28(14-16-30)22-38-46)25-32(43)31(20-27-10-7-6-8-11-27)39-34(44)33(36(3,4)5)42-19-18-40(35(42)45)24-29-12-9-17-37-21-29/h6-17,21-22,26,31-33,43,46H,18-20,23-25H2,1-5H3,(H,39,44)/b38-22+/t31-,32+,33?/m0/s1. The first-order valence-electron chi connectivity index (χ1n) is 16.4. The molecular formula is C36H48N6O6S. The van der Waals surface area contributed by atoms with E-state index in [1.807, 2.05) is 77.1 Å². The van der Waals surface area contributed by atoms with Crippen LogP contribution in [0.4, 0.5) is 4.79 Å². The average molecular weight is 693 g/mol. The molecule has 1 aromatic heterocycles. The summed E-state index contributed by atoms with van der Waals surface area (Å²) in [6, 6.07) is 17.0. The molecule has 1 saturated heterocycles. The SMILES string of the molecule is CC(C)CN(C[C@@H](O)[C@H](Cc1ccccc1)NC(=O)C(N1CCN(Cc2cccnc2)C1=O)C(C)(C)C)S(=O)(=O)c1ccc(/C=N/O)cc1. The van der Waals surface area contributed by atoms with Gasteiger partial charge in [0.1, 0.15) is 6.04 Å². The van der Waals surface area contributed by atoms with Crippen molar-refractivity contribution in [1.29, 1.82) is 0 Å². The number of urea groups is 1. The summed E-state index contributed by atoms with van der Waals surface area (Å²) in [7, 11) is -4.06. The first kappa shape index (κ1) is 37.5. The van der Waals surface area contributed by atoms with Crippen LogP contribution < -0.4 is 5.32 Å². The van der Waals surface area contributed by atoms with Crippen LogP contribution in [-0.2, 0) is 27.8 Å². The van der Waals surface area contributed by atoms with Gasteiger partial charge in [0.2, 0.25) is 15.9 Å². The number of pyridine rings is 1. The van der Waals surface area contributed by atoms with Gasteiger partial charge in [-0.25, -0.2) is 13.2 Å². The molecule has 49 heavy (non-hydrogen) atoms. The van der Waals surface area contributed by atoms with Gasteiger partial charge < -0.3 is 25.4 Å². The monoisotopic (exact) mass is 692 g/mol. The van der Waals surface area contributed by atoms with E-state index in [9.17, 15) is 23.1 Å². The van der Waals surface area contributed by atoms with Gasteiger partial charge in [-0.1, -0.05) is 88.3 Å². The zero-order valence-corrected chi connectivity index (χ0v) is 29.6. The Balaban J connectivity index is 1.60. The van der Waals surface area contributed by atoms with Crippen LogP contribution in [0.2, 0.25) is 0 Å². The highest BCUT2D eigenvalue weighted by atomic mass is 32.2. The van der Waals surface area contributed by atoms with Crippen LogP contribution in [0.15, 0.2) is 89.2 Å². The second-order valence-corrected chi connectivity index (χ2v) is 15.9. The molecule has 3 N–H and O–H groups in total. The summed E-state index contributed by atoms with van der Waals surface area (Å²) in [5.74, 6) is -0.491. The molecule has 2 heterocycles. The highest BCUT2D eigenvalue weighted by Gasteiger charge is 2.44. The summed E-state index contributed by atoms with van der Waals surface area (Å²) in [5.41, 5.74) is 1.59. The summed E-state index contributed by atoms with van der Waals surface area (Å²) in [4.78, 5) is 35.4. The van der Waals surface area contributed by atoms with Crippen molar-refractivity contribution in [2.24, 2.45) is 16.5 Å². The lowest BCUT2D eigenvalue weighted by molar-refractivity contribution is -0.130. The minimum absolute atomic E-state index is 0.0234. The third-order valence-corrected chi connectivity index (χ3v) is 10.2. The molecule has 0 aliphatic carbocycles. The van der Waals surface area contributed by atoms with Gasteiger partial charge in [-0.05, 0) is 52.6 Å². The zero-order valence-electron chi connectivity index (χ0n) is 28.8. The molecule has 13 heteroatoms. The topological polar surface area (TPSA) is 156 Å². The van der Waals surface area contributed by atoms with E-state index in [0.29, 0.717) is 25.2 Å². The van der Waals surface area contributed by atoms with Gasteiger partial charge in [0, 0.05) is 45.1 Å². The van der Waals surface area contributed by atoms with Crippen LogP contribution in [-0.4, -0.2) is 100 Å². The first-order chi connectivity index (χ1) is 23.2.